The van der Waals surface area contributed by atoms with Crippen LogP contribution in [0.15, 0.2) is 60.8 Å². The Kier molecular flexibility index (Phi) is 42.5. The molecule has 0 fully saturated rings. The Labute approximate surface area is 345 Å². The zero-order valence-electron chi connectivity index (χ0n) is 36.6. The smallest absolute Gasteiger partial charge is 0.306 e. The molecule has 0 saturated carbocycles. The third-order valence-corrected chi connectivity index (χ3v) is 9.76. The van der Waals surface area contributed by atoms with Crippen molar-refractivity contribution < 1.29 is 28.6 Å². The lowest BCUT2D eigenvalue weighted by molar-refractivity contribution is -0.167. The van der Waals surface area contributed by atoms with E-state index < -0.39 is 6.10 Å². The van der Waals surface area contributed by atoms with Crippen molar-refractivity contribution in [3.8, 4) is 0 Å². The number of unbranched alkanes of at least 4 members (excludes halogenated alkanes) is 20. The number of ether oxygens (including phenoxy) is 3. The number of carbonyl (C=O) groups is 3. The van der Waals surface area contributed by atoms with Crippen molar-refractivity contribution in [2.24, 2.45) is 0 Å². The molecule has 322 valence electrons. The first kappa shape index (κ1) is 53.1. The SMILES string of the molecule is CC/C=C\C/C=C\C/C=C\C/C=C\CCCCCCCCC(=O)OCC(COC(=O)CCCCCCCC)OC(=O)CCCCCCC/C=C\CCCCCC. The van der Waals surface area contributed by atoms with Gasteiger partial charge in [-0.05, 0) is 83.5 Å². The maximum atomic E-state index is 12.7. The summed E-state index contributed by atoms with van der Waals surface area (Å²) >= 11 is 0. The summed E-state index contributed by atoms with van der Waals surface area (Å²) in [7, 11) is 0. The lowest BCUT2D eigenvalue weighted by Gasteiger charge is -2.18. The maximum Gasteiger partial charge on any atom is 0.306 e. The van der Waals surface area contributed by atoms with E-state index >= 15 is 0 Å². The number of allylic oxidation sites excluding steroid dienone is 10. The first-order chi connectivity index (χ1) is 27.5. The van der Waals surface area contributed by atoms with E-state index in [4.69, 9.17) is 14.2 Å². The second kappa shape index (κ2) is 44.8. The van der Waals surface area contributed by atoms with Crippen LogP contribution in [0.1, 0.15) is 220 Å². The van der Waals surface area contributed by atoms with Crippen molar-refractivity contribution in [3.63, 3.8) is 0 Å². The molecule has 6 nitrogen and oxygen atoms in total. The third-order valence-electron chi connectivity index (χ3n) is 9.76. The van der Waals surface area contributed by atoms with E-state index in [-0.39, 0.29) is 31.1 Å². The number of esters is 3. The van der Waals surface area contributed by atoms with E-state index in [1.165, 1.54) is 77.0 Å². The molecule has 0 aromatic rings. The minimum Gasteiger partial charge on any atom is -0.462 e. The van der Waals surface area contributed by atoms with Crippen LogP contribution in [0.25, 0.3) is 0 Å². The minimum absolute atomic E-state index is 0.0826. The van der Waals surface area contributed by atoms with Crippen molar-refractivity contribution in [2.75, 3.05) is 13.2 Å². The van der Waals surface area contributed by atoms with Crippen molar-refractivity contribution >= 4 is 17.9 Å². The van der Waals surface area contributed by atoms with Gasteiger partial charge in [-0.2, -0.15) is 0 Å². The molecule has 1 atom stereocenters. The second-order valence-electron chi connectivity index (χ2n) is 15.3. The summed E-state index contributed by atoms with van der Waals surface area (Å²) in [4.78, 5) is 37.6. The number of carbonyl (C=O) groups excluding carboxylic acids is 3. The molecule has 0 rings (SSSR count). The van der Waals surface area contributed by atoms with E-state index in [1.807, 2.05) is 0 Å². The fraction of sp³-hybridized carbons (Fsp3) is 0.740. The highest BCUT2D eigenvalue weighted by atomic mass is 16.6. The molecule has 0 aromatic carbocycles. The molecule has 0 heterocycles. The van der Waals surface area contributed by atoms with Crippen LogP contribution in [0.2, 0.25) is 0 Å². The van der Waals surface area contributed by atoms with Gasteiger partial charge in [0.05, 0.1) is 0 Å². The Hall–Kier alpha value is -2.89. The molecule has 0 radical (unpaired) electrons. The molecule has 0 aromatic heterocycles. The monoisotopic (exact) mass is 783 g/mol. The van der Waals surface area contributed by atoms with Crippen molar-refractivity contribution in [2.45, 2.75) is 226 Å². The van der Waals surface area contributed by atoms with Crippen LogP contribution in [0.5, 0.6) is 0 Å². The fourth-order valence-corrected chi connectivity index (χ4v) is 6.25. The normalized spacial score (nSPS) is 12.6. The van der Waals surface area contributed by atoms with Crippen molar-refractivity contribution in [1.29, 1.82) is 0 Å². The van der Waals surface area contributed by atoms with Gasteiger partial charge in [-0.25, -0.2) is 0 Å². The van der Waals surface area contributed by atoms with E-state index in [1.54, 1.807) is 0 Å². The highest BCUT2D eigenvalue weighted by molar-refractivity contribution is 5.71. The summed E-state index contributed by atoms with van der Waals surface area (Å²) in [5, 5.41) is 0. The first-order valence-corrected chi connectivity index (χ1v) is 23.3. The highest BCUT2D eigenvalue weighted by Gasteiger charge is 2.19. The molecule has 1 unspecified atom stereocenters. The van der Waals surface area contributed by atoms with E-state index in [0.29, 0.717) is 19.3 Å². The highest BCUT2D eigenvalue weighted by Crippen LogP contribution is 2.13. The Bertz CT molecular complexity index is 1040. The van der Waals surface area contributed by atoms with Gasteiger partial charge in [0.15, 0.2) is 6.10 Å². The van der Waals surface area contributed by atoms with Gasteiger partial charge in [0.2, 0.25) is 0 Å². The predicted molar refractivity (Wildman–Crippen MR) is 238 cm³/mol. The Morgan fingerprint density at radius 3 is 1.12 bits per heavy atom. The summed E-state index contributed by atoms with van der Waals surface area (Å²) in [5.41, 5.74) is 0. The summed E-state index contributed by atoms with van der Waals surface area (Å²) in [6.45, 7) is 6.42. The van der Waals surface area contributed by atoms with Gasteiger partial charge < -0.3 is 14.2 Å². The largest absolute Gasteiger partial charge is 0.462 e. The predicted octanol–water partition coefficient (Wildman–Crippen LogP) is 14.9. The van der Waals surface area contributed by atoms with Crippen LogP contribution >= 0.6 is 0 Å². The van der Waals surface area contributed by atoms with Gasteiger partial charge in [-0.15, -0.1) is 0 Å². The minimum atomic E-state index is -0.779. The quantitative estimate of drug-likeness (QED) is 0.0266. The standard InChI is InChI=1S/C50H86O6/c1-4-7-10-13-16-18-20-22-23-24-25-26-27-29-30-32-34-37-40-43-49(52)55-46-47(45-54-48(51)42-39-36-15-12-9-6-3)56-50(53)44-41-38-35-33-31-28-21-19-17-14-11-8-5-2/h7,10,16,18-19,21-23,25-26,47H,4-6,8-9,11-15,17,20,24,27-46H2,1-3H3/b10-7-,18-16-,21-19-,23-22-,26-25-. The van der Waals surface area contributed by atoms with Crippen LogP contribution in [-0.4, -0.2) is 37.2 Å². The van der Waals surface area contributed by atoms with Gasteiger partial charge >= 0.3 is 17.9 Å². The molecule has 0 aliphatic carbocycles. The average molecular weight is 783 g/mol. The van der Waals surface area contributed by atoms with Crippen LogP contribution in [0.4, 0.5) is 0 Å². The second-order valence-corrected chi connectivity index (χ2v) is 15.3. The number of hydrogen-bond acceptors (Lipinski definition) is 6. The molecule has 0 bridgehead atoms. The van der Waals surface area contributed by atoms with Crippen LogP contribution < -0.4 is 0 Å². The molecule has 0 N–H and O–H groups in total. The summed E-state index contributed by atoms with van der Waals surface area (Å²) in [5.74, 6) is -0.918. The maximum absolute atomic E-state index is 12.7. The zero-order valence-corrected chi connectivity index (χ0v) is 36.6. The lowest BCUT2D eigenvalue weighted by atomic mass is 10.1. The summed E-state index contributed by atoms with van der Waals surface area (Å²) < 4.78 is 16.6. The molecule has 0 aliphatic rings. The molecule has 0 aliphatic heterocycles. The van der Waals surface area contributed by atoms with Gasteiger partial charge in [-0.3, -0.25) is 14.4 Å². The van der Waals surface area contributed by atoms with Gasteiger partial charge in [-0.1, -0.05) is 178 Å². The van der Waals surface area contributed by atoms with Gasteiger partial charge in [0.25, 0.3) is 0 Å². The number of hydrogen-bond donors (Lipinski definition) is 0. The number of rotatable bonds is 41. The summed E-state index contributed by atoms with van der Waals surface area (Å²) in [6, 6.07) is 0. The average Bonchev–Trinajstić information content (AvgIpc) is 3.19. The Morgan fingerprint density at radius 2 is 0.696 bits per heavy atom. The van der Waals surface area contributed by atoms with Crippen LogP contribution in [0, 0.1) is 0 Å². The zero-order chi connectivity index (χ0) is 40.8. The van der Waals surface area contributed by atoms with Gasteiger partial charge in [0.1, 0.15) is 13.2 Å². The lowest BCUT2D eigenvalue weighted by Crippen LogP contribution is -2.30. The molecule has 0 amide bonds. The van der Waals surface area contributed by atoms with Crippen molar-refractivity contribution in [3.05, 3.63) is 60.8 Å². The molecular formula is C50H86O6. The van der Waals surface area contributed by atoms with Crippen LogP contribution in [0.3, 0.4) is 0 Å². The molecule has 6 heteroatoms. The Balaban J connectivity index is 4.28. The van der Waals surface area contributed by atoms with E-state index in [2.05, 4.69) is 81.5 Å². The Morgan fingerprint density at radius 1 is 0.375 bits per heavy atom. The van der Waals surface area contributed by atoms with Gasteiger partial charge in [0, 0.05) is 19.3 Å². The molecule has 0 saturated heterocycles. The fourth-order valence-electron chi connectivity index (χ4n) is 6.25. The topological polar surface area (TPSA) is 78.9 Å². The first-order valence-electron chi connectivity index (χ1n) is 23.3. The molecular weight excluding hydrogens is 697 g/mol. The van der Waals surface area contributed by atoms with Crippen LogP contribution in [-0.2, 0) is 28.6 Å². The third kappa shape index (κ3) is 42.3. The molecule has 0 spiro atoms. The van der Waals surface area contributed by atoms with E-state index in [0.717, 1.165) is 103 Å². The molecule has 56 heavy (non-hydrogen) atoms. The van der Waals surface area contributed by atoms with Crippen molar-refractivity contribution in [1.82, 2.24) is 0 Å². The van der Waals surface area contributed by atoms with E-state index in [9.17, 15) is 14.4 Å². The summed E-state index contributed by atoms with van der Waals surface area (Å²) in [6.07, 6.45) is 53.6.